The Labute approximate surface area is 385 Å². The summed E-state index contributed by atoms with van der Waals surface area (Å²) in [6, 6.07) is -0.631. The van der Waals surface area contributed by atoms with Crippen LogP contribution in [0.2, 0.25) is 0 Å². The van der Waals surface area contributed by atoms with Gasteiger partial charge in [0.1, 0.15) is 6.61 Å². The van der Waals surface area contributed by atoms with Gasteiger partial charge in [0, 0.05) is 19.3 Å². The third kappa shape index (κ3) is 43.0. The Morgan fingerprint density at radius 3 is 1.44 bits per heavy atom. The fourth-order valence-electron chi connectivity index (χ4n) is 6.46. The Balaban J connectivity index is 4.41. The third-order valence-corrected chi connectivity index (χ3v) is 10.3. The van der Waals surface area contributed by atoms with Crippen LogP contribution in [0.15, 0.2) is 109 Å². The van der Waals surface area contributed by atoms with Gasteiger partial charge >= 0.3 is 17.9 Å². The Hall–Kier alpha value is -4.01. The summed E-state index contributed by atoms with van der Waals surface area (Å²) in [4.78, 5) is 37.1. The summed E-state index contributed by atoms with van der Waals surface area (Å²) in [5, 5.41) is 9.65. The van der Waals surface area contributed by atoms with E-state index in [2.05, 4.69) is 86.8 Å². The van der Waals surface area contributed by atoms with Crippen molar-refractivity contribution in [3.8, 4) is 0 Å². The van der Waals surface area contributed by atoms with Crippen molar-refractivity contribution in [3.05, 3.63) is 109 Å². The number of hydrogen-bond donors (Lipinski definition) is 1. The Kier molecular flexibility index (Phi) is 41.8. The minimum atomic E-state index is -0.888. The van der Waals surface area contributed by atoms with Crippen molar-refractivity contribution < 1.29 is 38.2 Å². The van der Waals surface area contributed by atoms with Gasteiger partial charge in [-0.25, -0.2) is 4.79 Å². The lowest BCUT2D eigenvalue weighted by molar-refractivity contribution is -0.887. The number of quaternary nitrogens is 1. The number of likely N-dealkylation sites (N-methyl/N-ethyl adjacent to an activating group) is 1. The number of carboxylic acids is 1. The summed E-state index contributed by atoms with van der Waals surface area (Å²) in [6.07, 6.45) is 61.2. The average molecular weight is 877 g/mol. The number of aliphatic carboxylic acids is 1. The van der Waals surface area contributed by atoms with E-state index in [0.29, 0.717) is 12.8 Å². The quantitative estimate of drug-likeness (QED) is 0.0214. The van der Waals surface area contributed by atoms with Gasteiger partial charge in [0.05, 0.1) is 34.4 Å². The van der Waals surface area contributed by atoms with Crippen LogP contribution in [0.5, 0.6) is 0 Å². The average Bonchev–Trinajstić information content (AvgIpc) is 3.24. The highest BCUT2D eigenvalue weighted by molar-refractivity contribution is 5.72. The van der Waals surface area contributed by atoms with E-state index in [1.807, 2.05) is 57.6 Å². The zero-order chi connectivity index (χ0) is 46.3. The molecule has 63 heavy (non-hydrogen) atoms. The molecule has 0 spiro atoms. The van der Waals surface area contributed by atoms with Gasteiger partial charge in [-0.15, -0.1) is 0 Å². The van der Waals surface area contributed by atoms with Crippen LogP contribution < -0.4 is 0 Å². The zero-order valence-electron chi connectivity index (χ0n) is 40.5. The molecule has 8 nitrogen and oxygen atoms in total. The number of nitrogens with zero attached hydrogens (tertiary/aromatic N) is 1. The number of hydrogen-bond acceptors (Lipinski definition) is 6. The maximum absolute atomic E-state index is 12.8. The fourth-order valence-corrected chi connectivity index (χ4v) is 6.46. The number of carbonyl (C=O) groups excluding carboxylic acids is 2. The van der Waals surface area contributed by atoms with E-state index in [-0.39, 0.29) is 42.7 Å². The molecular formula is C55H90NO7+. The largest absolute Gasteiger partial charge is 0.477 e. The number of esters is 2. The summed E-state index contributed by atoms with van der Waals surface area (Å²) >= 11 is 0. The molecule has 0 fully saturated rings. The van der Waals surface area contributed by atoms with Crippen LogP contribution in [0.3, 0.4) is 0 Å². The predicted molar refractivity (Wildman–Crippen MR) is 266 cm³/mol. The van der Waals surface area contributed by atoms with Crippen molar-refractivity contribution in [2.75, 3.05) is 41.0 Å². The summed E-state index contributed by atoms with van der Waals surface area (Å²) in [5.74, 6) is -1.54. The van der Waals surface area contributed by atoms with Crippen LogP contribution in [0.4, 0.5) is 0 Å². The lowest BCUT2D eigenvalue weighted by Crippen LogP contribution is -2.50. The van der Waals surface area contributed by atoms with Gasteiger partial charge in [-0.05, 0) is 77.0 Å². The molecule has 0 bridgehead atoms. The molecule has 0 aliphatic carbocycles. The van der Waals surface area contributed by atoms with E-state index < -0.39 is 18.1 Å². The second-order valence-corrected chi connectivity index (χ2v) is 17.1. The second kappa shape index (κ2) is 44.6. The van der Waals surface area contributed by atoms with Crippen LogP contribution in [0.25, 0.3) is 0 Å². The van der Waals surface area contributed by atoms with Crippen molar-refractivity contribution in [3.63, 3.8) is 0 Å². The van der Waals surface area contributed by atoms with E-state index in [9.17, 15) is 19.5 Å². The molecular weight excluding hydrogens is 787 g/mol. The number of ether oxygens (including phenoxy) is 3. The summed E-state index contributed by atoms with van der Waals surface area (Å²) < 4.78 is 17.3. The first-order chi connectivity index (χ1) is 30.6. The summed E-state index contributed by atoms with van der Waals surface area (Å²) in [7, 11) is 5.50. The number of unbranched alkanes of at least 4 members (excludes halogenated alkanes) is 14. The highest BCUT2D eigenvalue weighted by atomic mass is 16.6. The molecule has 0 aliphatic rings. The Bertz CT molecular complexity index is 1390. The molecule has 1 N–H and O–H groups in total. The van der Waals surface area contributed by atoms with E-state index in [1.54, 1.807) is 0 Å². The molecule has 0 saturated carbocycles. The molecule has 0 radical (unpaired) electrons. The molecule has 0 amide bonds. The zero-order valence-corrected chi connectivity index (χ0v) is 40.5. The first kappa shape index (κ1) is 59.0. The Morgan fingerprint density at radius 2 is 0.937 bits per heavy atom. The molecule has 2 atom stereocenters. The molecule has 0 saturated heterocycles. The maximum atomic E-state index is 12.8. The lowest BCUT2D eigenvalue weighted by Gasteiger charge is -2.31. The van der Waals surface area contributed by atoms with Crippen molar-refractivity contribution in [1.29, 1.82) is 0 Å². The van der Waals surface area contributed by atoms with Crippen molar-refractivity contribution in [2.45, 2.75) is 180 Å². The van der Waals surface area contributed by atoms with Crippen molar-refractivity contribution in [2.24, 2.45) is 0 Å². The van der Waals surface area contributed by atoms with Gasteiger partial charge < -0.3 is 23.8 Å². The lowest BCUT2D eigenvalue weighted by atomic mass is 10.1. The van der Waals surface area contributed by atoms with Gasteiger partial charge in [0.25, 0.3) is 0 Å². The predicted octanol–water partition coefficient (Wildman–Crippen LogP) is 14.0. The first-order valence-electron chi connectivity index (χ1n) is 24.5. The normalized spacial score (nSPS) is 13.9. The van der Waals surface area contributed by atoms with Crippen LogP contribution in [-0.2, 0) is 28.6 Å². The van der Waals surface area contributed by atoms with E-state index >= 15 is 0 Å². The Morgan fingerprint density at radius 1 is 0.492 bits per heavy atom. The topological polar surface area (TPSA) is 99.1 Å². The minimum Gasteiger partial charge on any atom is -0.477 e. The molecule has 2 unspecified atom stereocenters. The van der Waals surface area contributed by atoms with Crippen LogP contribution in [0, 0.1) is 0 Å². The highest BCUT2D eigenvalue weighted by Crippen LogP contribution is 2.13. The third-order valence-electron chi connectivity index (χ3n) is 10.3. The summed E-state index contributed by atoms with van der Waals surface area (Å²) in [5.41, 5.74) is 0. The number of allylic oxidation sites excluding steroid dienone is 18. The van der Waals surface area contributed by atoms with Gasteiger partial charge in [-0.2, -0.15) is 0 Å². The molecule has 0 aliphatic heterocycles. The molecule has 0 heterocycles. The number of carboxylic acid groups (broad SMARTS) is 1. The van der Waals surface area contributed by atoms with Gasteiger partial charge in [-0.1, -0.05) is 181 Å². The van der Waals surface area contributed by atoms with Crippen molar-refractivity contribution >= 4 is 17.9 Å². The van der Waals surface area contributed by atoms with E-state index in [4.69, 9.17) is 14.2 Å². The molecule has 0 rings (SSSR count). The minimum absolute atomic E-state index is 0.0364. The van der Waals surface area contributed by atoms with Gasteiger partial charge in [0.2, 0.25) is 0 Å². The summed E-state index contributed by atoms with van der Waals surface area (Å²) in [6.45, 7) is 4.55. The number of rotatable bonds is 42. The SMILES string of the molecule is CCC/C=C/C=C/C=C/C=C/C=C/CCCCCCCC(=O)OC(COCCC(C(=O)O)[N+](C)(C)C)COC(=O)CCCCCCC/C=C/C/C=C/C/C=C/C/C=C/CCCCC. The van der Waals surface area contributed by atoms with E-state index in [0.717, 1.165) is 103 Å². The standard InChI is InChI=1S/C55H89NO7/c1-6-8-10-12-14-16-18-20-22-24-26-27-28-30-31-33-35-37-39-41-43-45-53(57)62-50-51(49-61-48-47-52(55(59)60)56(3,4)5)63-54(58)46-44-42-40-38-36-34-32-29-25-23-21-19-17-15-13-11-9-7-2/h11,13-17,19-23,25-27,29-32,51-52H,6-10,12,18,24,28,33-50H2,1-5H3/p+1/b13-11+,16-14+,17-15+,21-19+,22-20+,25-23+,27-26+,31-30+,32-29+. The van der Waals surface area contributed by atoms with Crippen LogP contribution in [0.1, 0.15) is 168 Å². The molecule has 0 aromatic rings. The molecule has 356 valence electrons. The fraction of sp³-hybridized carbons (Fsp3) is 0.618. The van der Waals surface area contributed by atoms with Crippen LogP contribution >= 0.6 is 0 Å². The molecule has 8 heteroatoms. The molecule has 0 aromatic carbocycles. The maximum Gasteiger partial charge on any atom is 0.362 e. The smallest absolute Gasteiger partial charge is 0.362 e. The van der Waals surface area contributed by atoms with Crippen LogP contribution in [-0.4, -0.2) is 80.6 Å². The van der Waals surface area contributed by atoms with Gasteiger partial charge in [0.15, 0.2) is 12.1 Å². The second-order valence-electron chi connectivity index (χ2n) is 17.1. The molecule has 0 aromatic heterocycles. The van der Waals surface area contributed by atoms with E-state index in [1.165, 1.54) is 32.1 Å². The van der Waals surface area contributed by atoms with Crippen molar-refractivity contribution in [1.82, 2.24) is 0 Å². The first-order valence-corrected chi connectivity index (χ1v) is 24.5. The monoisotopic (exact) mass is 877 g/mol. The van der Waals surface area contributed by atoms with Gasteiger partial charge in [-0.3, -0.25) is 9.59 Å². The number of carbonyl (C=O) groups is 3. The highest BCUT2D eigenvalue weighted by Gasteiger charge is 2.31.